The van der Waals surface area contributed by atoms with Crippen LogP contribution in [0.2, 0.25) is 0 Å². The summed E-state index contributed by atoms with van der Waals surface area (Å²) < 4.78 is 0. The van der Waals surface area contributed by atoms with Crippen molar-refractivity contribution in [2.24, 2.45) is 0 Å². The topological polar surface area (TPSA) is 58.1 Å². The van der Waals surface area contributed by atoms with E-state index in [1.165, 1.54) is 11.1 Å². The predicted molar refractivity (Wildman–Crippen MR) is 96.2 cm³/mol. The Bertz CT molecular complexity index is 760. The van der Waals surface area contributed by atoms with Gasteiger partial charge in [-0.2, -0.15) is 0 Å². The molecule has 0 unspecified atom stereocenters. The third kappa shape index (κ3) is 2.98. The SMILES string of the molecule is O=C(CCl)N1CBc2nc(NC3Cc4ccccc4C3)ncc2C1. The molecule has 2 heterocycles. The van der Waals surface area contributed by atoms with Crippen LogP contribution in [0.15, 0.2) is 30.5 Å². The number of halogens is 1. The van der Waals surface area contributed by atoms with Crippen molar-refractivity contribution in [2.45, 2.75) is 25.4 Å². The summed E-state index contributed by atoms with van der Waals surface area (Å²) in [6.07, 6.45) is 4.52. The van der Waals surface area contributed by atoms with Crippen LogP contribution >= 0.6 is 11.6 Å². The Morgan fingerprint density at radius 1 is 1.29 bits per heavy atom. The Kier molecular flexibility index (Phi) is 4.14. The summed E-state index contributed by atoms with van der Waals surface area (Å²) in [7, 11) is 0.750. The molecule has 0 bridgehead atoms. The molecular formula is C17H18BClN4O. The molecule has 1 aliphatic heterocycles. The molecule has 1 aromatic heterocycles. The molecule has 1 N–H and O–H groups in total. The number of hydrogen-bond donors (Lipinski definition) is 1. The van der Waals surface area contributed by atoms with Crippen molar-refractivity contribution in [3.63, 3.8) is 0 Å². The minimum Gasteiger partial charge on any atom is -0.351 e. The number of amides is 1. The Morgan fingerprint density at radius 3 is 2.75 bits per heavy atom. The fourth-order valence-electron chi connectivity index (χ4n) is 3.53. The standard InChI is InChI=1S/C17H18BClN4O/c19-7-15(24)23-9-13-8-20-17(22-16(13)18-10-23)21-14-5-11-3-1-2-4-12(11)6-14/h1-4,8,14,18H,5-7,9-10H2,(H,20,21,22). The van der Waals surface area contributed by atoms with Crippen LogP contribution < -0.4 is 10.9 Å². The minimum absolute atomic E-state index is 0.0259. The van der Waals surface area contributed by atoms with E-state index in [-0.39, 0.29) is 11.8 Å². The number of anilines is 1. The van der Waals surface area contributed by atoms with Gasteiger partial charge in [0.15, 0.2) is 0 Å². The average molecular weight is 341 g/mol. The number of rotatable bonds is 3. The van der Waals surface area contributed by atoms with Gasteiger partial charge in [0.1, 0.15) is 5.88 Å². The van der Waals surface area contributed by atoms with E-state index >= 15 is 0 Å². The molecule has 1 amide bonds. The molecule has 122 valence electrons. The summed E-state index contributed by atoms with van der Waals surface area (Å²) in [5.41, 5.74) is 4.85. The van der Waals surface area contributed by atoms with Crippen molar-refractivity contribution in [1.82, 2.24) is 14.9 Å². The van der Waals surface area contributed by atoms with E-state index in [4.69, 9.17) is 11.6 Å². The monoisotopic (exact) mass is 340 g/mol. The quantitative estimate of drug-likeness (QED) is 0.659. The Labute approximate surface area is 146 Å². The first kappa shape index (κ1) is 15.5. The van der Waals surface area contributed by atoms with E-state index in [0.29, 0.717) is 25.0 Å². The van der Waals surface area contributed by atoms with Gasteiger partial charge in [-0.25, -0.2) is 9.97 Å². The lowest BCUT2D eigenvalue weighted by Crippen LogP contribution is -2.46. The summed E-state index contributed by atoms with van der Waals surface area (Å²) >= 11 is 5.64. The molecular weight excluding hydrogens is 322 g/mol. The molecule has 4 rings (SSSR count). The zero-order valence-corrected chi connectivity index (χ0v) is 14.1. The second kappa shape index (κ2) is 6.44. The molecule has 5 nitrogen and oxygen atoms in total. The molecule has 0 saturated heterocycles. The maximum absolute atomic E-state index is 11.7. The van der Waals surface area contributed by atoms with Gasteiger partial charge >= 0.3 is 0 Å². The molecule has 0 atom stereocenters. The van der Waals surface area contributed by atoms with Crippen molar-refractivity contribution in [2.75, 3.05) is 17.6 Å². The van der Waals surface area contributed by atoms with Gasteiger partial charge in [-0.05, 0) is 24.0 Å². The van der Waals surface area contributed by atoms with Crippen LogP contribution in [0.3, 0.4) is 0 Å². The van der Waals surface area contributed by atoms with Gasteiger partial charge in [-0.1, -0.05) is 24.3 Å². The van der Waals surface area contributed by atoms with Crippen LogP contribution in [-0.2, 0) is 24.2 Å². The Morgan fingerprint density at radius 2 is 2.04 bits per heavy atom. The van der Waals surface area contributed by atoms with Gasteiger partial charge in [0, 0.05) is 36.4 Å². The van der Waals surface area contributed by atoms with Crippen LogP contribution in [0.25, 0.3) is 0 Å². The number of benzene rings is 1. The maximum atomic E-state index is 11.7. The largest absolute Gasteiger partial charge is 0.351 e. The fraction of sp³-hybridized carbons (Fsp3) is 0.353. The summed E-state index contributed by atoms with van der Waals surface area (Å²) in [5, 5.41) is 3.46. The van der Waals surface area contributed by atoms with E-state index in [0.717, 1.165) is 31.3 Å². The molecule has 1 aromatic carbocycles. The lowest BCUT2D eigenvalue weighted by Gasteiger charge is -2.27. The van der Waals surface area contributed by atoms with E-state index in [2.05, 4.69) is 39.6 Å². The number of carbonyl (C=O) groups is 1. The third-order valence-electron chi connectivity index (χ3n) is 4.79. The van der Waals surface area contributed by atoms with Crippen molar-refractivity contribution in [3.8, 4) is 0 Å². The fourth-order valence-corrected chi connectivity index (χ4v) is 3.70. The second-order valence-electron chi connectivity index (χ2n) is 6.38. The van der Waals surface area contributed by atoms with Gasteiger partial charge < -0.3 is 10.2 Å². The van der Waals surface area contributed by atoms with Crippen LogP contribution in [0, 0.1) is 0 Å². The highest BCUT2D eigenvalue weighted by atomic mass is 35.5. The van der Waals surface area contributed by atoms with Crippen molar-refractivity contribution in [1.29, 1.82) is 0 Å². The van der Waals surface area contributed by atoms with E-state index < -0.39 is 0 Å². The molecule has 2 aromatic rings. The summed E-state index contributed by atoms with van der Waals surface area (Å²) in [6, 6.07) is 8.90. The van der Waals surface area contributed by atoms with Crippen LogP contribution in [0.4, 0.5) is 5.95 Å². The molecule has 0 spiro atoms. The summed E-state index contributed by atoms with van der Waals surface area (Å²) in [5.74, 6) is 0.676. The van der Waals surface area contributed by atoms with E-state index in [1.54, 1.807) is 4.90 Å². The van der Waals surface area contributed by atoms with Crippen molar-refractivity contribution in [3.05, 3.63) is 47.2 Å². The molecule has 0 saturated carbocycles. The molecule has 7 heteroatoms. The first-order valence-corrected chi connectivity index (χ1v) is 8.78. The Balaban J connectivity index is 1.45. The van der Waals surface area contributed by atoms with E-state index in [1.807, 2.05) is 6.20 Å². The number of nitrogens with zero attached hydrogens (tertiary/aromatic N) is 3. The molecule has 0 radical (unpaired) electrons. The minimum atomic E-state index is -0.0340. The predicted octanol–water partition coefficient (Wildman–Crippen LogP) is 0.656. The number of nitrogens with one attached hydrogen (secondary N) is 1. The van der Waals surface area contributed by atoms with Gasteiger partial charge in [-0.3, -0.25) is 4.79 Å². The van der Waals surface area contributed by atoms with Crippen LogP contribution in [0.1, 0.15) is 16.7 Å². The van der Waals surface area contributed by atoms with Crippen LogP contribution in [0.5, 0.6) is 0 Å². The van der Waals surface area contributed by atoms with Gasteiger partial charge in [0.05, 0.1) is 0 Å². The lowest BCUT2D eigenvalue weighted by atomic mass is 9.69. The normalized spacial score (nSPS) is 16.3. The number of alkyl halides is 1. The molecule has 24 heavy (non-hydrogen) atoms. The summed E-state index contributed by atoms with van der Waals surface area (Å²) in [6.45, 7) is 0.552. The third-order valence-corrected chi connectivity index (χ3v) is 5.01. The highest BCUT2D eigenvalue weighted by molar-refractivity contribution is 6.53. The molecule has 0 fully saturated rings. The van der Waals surface area contributed by atoms with Crippen LogP contribution in [-0.4, -0.2) is 46.4 Å². The number of carbonyl (C=O) groups excluding carboxylic acids is 1. The zero-order valence-electron chi connectivity index (χ0n) is 13.3. The molecule has 1 aliphatic carbocycles. The second-order valence-corrected chi connectivity index (χ2v) is 6.65. The first-order valence-electron chi connectivity index (χ1n) is 8.25. The summed E-state index contributed by atoms with van der Waals surface area (Å²) in [4.78, 5) is 22.6. The highest BCUT2D eigenvalue weighted by Gasteiger charge is 2.24. The first-order chi connectivity index (χ1) is 11.7. The number of aromatic nitrogens is 2. The average Bonchev–Trinajstić information content (AvgIpc) is 3.02. The van der Waals surface area contributed by atoms with Gasteiger partial charge in [0.25, 0.3) is 0 Å². The lowest BCUT2D eigenvalue weighted by molar-refractivity contribution is -0.128. The van der Waals surface area contributed by atoms with Crippen molar-refractivity contribution < 1.29 is 4.79 Å². The molecule has 2 aliphatic rings. The zero-order chi connectivity index (χ0) is 16.5. The Hall–Kier alpha value is -2.08. The highest BCUT2D eigenvalue weighted by Crippen LogP contribution is 2.23. The van der Waals surface area contributed by atoms with E-state index in [9.17, 15) is 4.79 Å². The smallest absolute Gasteiger partial charge is 0.237 e. The number of fused-ring (bicyclic) bond motifs is 2. The van der Waals surface area contributed by atoms with Crippen molar-refractivity contribution >= 4 is 36.3 Å². The van der Waals surface area contributed by atoms with Gasteiger partial charge in [-0.15, -0.1) is 11.6 Å². The maximum Gasteiger partial charge on any atom is 0.237 e. The van der Waals surface area contributed by atoms with Gasteiger partial charge in [0.2, 0.25) is 19.1 Å². The number of hydrogen-bond acceptors (Lipinski definition) is 4.